The van der Waals surface area contributed by atoms with Crippen LogP contribution in [-0.2, 0) is 4.79 Å². The number of fused-ring (bicyclic) bond motifs is 1. The monoisotopic (exact) mass is 413 g/mol. The first-order chi connectivity index (χ1) is 13.9. The maximum atomic E-state index is 12.8. The maximum absolute atomic E-state index is 12.8. The molecule has 0 aliphatic carbocycles. The van der Waals surface area contributed by atoms with Crippen molar-refractivity contribution in [3.8, 4) is 11.5 Å². The van der Waals surface area contributed by atoms with Gasteiger partial charge < -0.3 is 20.1 Å². The average molecular weight is 413 g/mol. The van der Waals surface area contributed by atoms with Gasteiger partial charge in [-0.25, -0.2) is 4.98 Å². The minimum absolute atomic E-state index is 0.124. The predicted molar refractivity (Wildman–Crippen MR) is 114 cm³/mol. The number of hydrogen-bond acceptors (Lipinski definition) is 6. The van der Waals surface area contributed by atoms with Crippen LogP contribution in [0.2, 0.25) is 0 Å². The van der Waals surface area contributed by atoms with Crippen LogP contribution in [0.15, 0.2) is 42.5 Å². The number of carbonyl (C=O) groups is 2. The third-order valence-corrected chi connectivity index (χ3v) is 5.33. The lowest BCUT2D eigenvalue weighted by molar-refractivity contribution is -0.118. The summed E-state index contributed by atoms with van der Waals surface area (Å²) in [6.07, 6.45) is 0. The summed E-state index contributed by atoms with van der Waals surface area (Å²) in [5, 5.41) is 6.12. The molecule has 2 amide bonds. The highest BCUT2D eigenvalue weighted by molar-refractivity contribution is 7.22. The van der Waals surface area contributed by atoms with Crippen LogP contribution < -0.4 is 20.1 Å². The van der Waals surface area contributed by atoms with Gasteiger partial charge in [-0.1, -0.05) is 37.3 Å². The van der Waals surface area contributed by atoms with Gasteiger partial charge in [-0.05, 0) is 30.2 Å². The zero-order valence-electron chi connectivity index (χ0n) is 16.7. The molecule has 152 valence electrons. The molecule has 3 rings (SSSR count). The SMILES string of the molecule is COc1cc(OC)cc(C(=O)N[C@H](C(=O)Nc2nc3ccccc3s2)C(C)C)c1. The van der Waals surface area contributed by atoms with Crippen LogP contribution in [0.25, 0.3) is 10.2 Å². The summed E-state index contributed by atoms with van der Waals surface area (Å²) in [6, 6.07) is 11.8. The van der Waals surface area contributed by atoms with Crippen LogP contribution in [0.3, 0.4) is 0 Å². The van der Waals surface area contributed by atoms with Gasteiger partial charge in [0.15, 0.2) is 5.13 Å². The van der Waals surface area contributed by atoms with Gasteiger partial charge in [0.25, 0.3) is 5.91 Å². The molecule has 0 saturated heterocycles. The summed E-state index contributed by atoms with van der Waals surface area (Å²) in [5.41, 5.74) is 1.17. The molecule has 1 heterocycles. The minimum Gasteiger partial charge on any atom is -0.497 e. The van der Waals surface area contributed by atoms with Crippen molar-refractivity contribution in [1.82, 2.24) is 10.3 Å². The van der Waals surface area contributed by atoms with Crippen LogP contribution in [0, 0.1) is 5.92 Å². The first kappa shape index (κ1) is 20.6. The number of thiazole rings is 1. The molecule has 0 spiro atoms. The van der Waals surface area contributed by atoms with Crippen molar-refractivity contribution in [2.24, 2.45) is 5.92 Å². The number of methoxy groups -OCH3 is 2. The largest absolute Gasteiger partial charge is 0.497 e. The molecule has 1 aromatic heterocycles. The summed E-state index contributed by atoms with van der Waals surface area (Å²) in [7, 11) is 3.03. The fraction of sp³-hybridized carbons (Fsp3) is 0.286. The Morgan fingerprint density at radius 1 is 1.03 bits per heavy atom. The summed E-state index contributed by atoms with van der Waals surface area (Å²) in [4.78, 5) is 30.0. The number of hydrogen-bond donors (Lipinski definition) is 2. The topological polar surface area (TPSA) is 89.5 Å². The molecule has 29 heavy (non-hydrogen) atoms. The van der Waals surface area contributed by atoms with E-state index in [0.717, 1.165) is 10.2 Å². The maximum Gasteiger partial charge on any atom is 0.252 e. The molecular formula is C21H23N3O4S. The van der Waals surface area contributed by atoms with Gasteiger partial charge in [0.2, 0.25) is 5.91 Å². The van der Waals surface area contributed by atoms with Crippen molar-refractivity contribution >= 4 is 38.5 Å². The molecule has 0 fully saturated rings. The quantitative estimate of drug-likeness (QED) is 0.616. The molecule has 0 unspecified atom stereocenters. The van der Waals surface area contributed by atoms with Crippen molar-refractivity contribution in [2.45, 2.75) is 19.9 Å². The van der Waals surface area contributed by atoms with Gasteiger partial charge in [-0.15, -0.1) is 0 Å². The second kappa shape index (κ2) is 8.91. The first-order valence-electron chi connectivity index (χ1n) is 9.11. The molecule has 3 aromatic rings. The third-order valence-electron chi connectivity index (χ3n) is 4.37. The van der Waals surface area contributed by atoms with Crippen molar-refractivity contribution in [1.29, 1.82) is 0 Å². The van der Waals surface area contributed by atoms with Gasteiger partial charge in [0, 0.05) is 11.6 Å². The van der Waals surface area contributed by atoms with Crippen LogP contribution in [-0.4, -0.2) is 37.1 Å². The van der Waals surface area contributed by atoms with Gasteiger partial charge in [-0.2, -0.15) is 0 Å². The number of nitrogens with one attached hydrogen (secondary N) is 2. The van der Waals surface area contributed by atoms with E-state index in [1.807, 2.05) is 38.1 Å². The summed E-state index contributed by atoms with van der Waals surface area (Å²) in [5.74, 6) is 0.160. The van der Waals surface area contributed by atoms with Gasteiger partial charge in [0.05, 0.1) is 24.4 Å². The second-order valence-corrected chi connectivity index (χ2v) is 7.80. The Morgan fingerprint density at radius 2 is 1.69 bits per heavy atom. The number of rotatable bonds is 7. The van der Waals surface area contributed by atoms with E-state index in [4.69, 9.17) is 9.47 Å². The van der Waals surface area contributed by atoms with Gasteiger partial charge in [0.1, 0.15) is 17.5 Å². The van der Waals surface area contributed by atoms with Gasteiger partial charge in [-0.3, -0.25) is 9.59 Å². The number of carbonyl (C=O) groups excluding carboxylic acids is 2. The van der Waals surface area contributed by atoms with E-state index in [9.17, 15) is 9.59 Å². The Balaban J connectivity index is 1.77. The predicted octanol–water partition coefficient (Wildman–Crippen LogP) is 3.71. The zero-order valence-corrected chi connectivity index (χ0v) is 17.5. The number of amides is 2. The second-order valence-electron chi connectivity index (χ2n) is 6.77. The molecule has 1 atom stereocenters. The van der Waals surface area contributed by atoms with Crippen LogP contribution >= 0.6 is 11.3 Å². The molecule has 0 aliphatic rings. The van der Waals surface area contributed by atoms with Crippen molar-refractivity contribution in [3.63, 3.8) is 0 Å². The van der Waals surface area contributed by atoms with E-state index in [1.165, 1.54) is 25.6 Å². The molecule has 0 bridgehead atoms. The van der Waals surface area contributed by atoms with E-state index >= 15 is 0 Å². The molecule has 0 aliphatic heterocycles. The fourth-order valence-electron chi connectivity index (χ4n) is 2.81. The number of aromatic nitrogens is 1. The molecule has 0 saturated carbocycles. The molecular weight excluding hydrogens is 390 g/mol. The van der Waals surface area contributed by atoms with Crippen LogP contribution in [0.1, 0.15) is 24.2 Å². The first-order valence-corrected chi connectivity index (χ1v) is 9.93. The highest BCUT2D eigenvalue weighted by atomic mass is 32.1. The van der Waals surface area contributed by atoms with Crippen molar-refractivity contribution < 1.29 is 19.1 Å². The lowest BCUT2D eigenvalue weighted by atomic mass is 10.0. The minimum atomic E-state index is -0.730. The van der Waals surface area contributed by atoms with Crippen LogP contribution in [0.5, 0.6) is 11.5 Å². The normalized spacial score (nSPS) is 11.9. The summed E-state index contributed by atoms with van der Waals surface area (Å²) < 4.78 is 11.4. The lowest BCUT2D eigenvalue weighted by Gasteiger charge is -2.21. The summed E-state index contributed by atoms with van der Waals surface area (Å²) >= 11 is 1.39. The molecule has 7 nitrogen and oxygen atoms in total. The zero-order chi connectivity index (χ0) is 21.0. The van der Waals surface area contributed by atoms with Crippen LogP contribution in [0.4, 0.5) is 5.13 Å². The Labute approximate surface area is 173 Å². The van der Waals surface area contributed by atoms with E-state index in [1.54, 1.807) is 18.2 Å². The number of ether oxygens (including phenoxy) is 2. The highest BCUT2D eigenvalue weighted by Crippen LogP contribution is 2.26. The average Bonchev–Trinajstić information content (AvgIpc) is 3.13. The van der Waals surface area contributed by atoms with Gasteiger partial charge >= 0.3 is 0 Å². The summed E-state index contributed by atoms with van der Waals surface area (Å²) in [6.45, 7) is 3.74. The van der Waals surface area contributed by atoms with E-state index in [2.05, 4.69) is 15.6 Å². The third kappa shape index (κ3) is 4.83. The lowest BCUT2D eigenvalue weighted by Crippen LogP contribution is -2.47. The van der Waals surface area contributed by atoms with Crippen molar-refractivity contribution in [3.05, 3.63) is 48.0 Å². The molecule has 2 aromatic carbocycles. The smallest absolute Gasteiger partial charge is 0.252 e. The number of anilines is 1. The number of nitrogens with zero attached hydrogens (tertiary/aromatic N) is 1. The number of para-hydroxylation sites is 1. The molecule has 8 heteroatoms. The van der Waals surface area contributed by atoms with Crippen molar-refractivity contribution in [2.75, 3.05) is 19.5 Å². The fourth-order valence-corrected chi connectivity index (χ4v) is 3.68. The Morgan fingerprint density at radius 3 is 2.28 bits per heavy atom. The van der Waals surface area contributed by atoms with E-state index < -0.39 is 6.04 Å². The Hall–Kier alpha value is -3.13. The Kier molecular flexibility index (Phi) is 6.33. The standard InChI is InChI=1S/C21H23N3O4S/c1-12(2)18(20(26)24-21-22-16-7-5-6-8-17(16)29-21)23-19(25)13-9-14(27-3)11-15(10-13)28-4/h5-12,18H,1-4H3,(H,23,25)(H,22,24,26)/t18-/m0/s1. The van der Waals surface area contributed by atoms with E-state index in [-0.39, 0.29) is 17.7 Å². The van der Waals surface area contributed by atoms with E-state index in [0.29, 0.717) is 22.2 Å². The highest BCUT2D eigenvalue weighted by Gasteiger charge is 2.26. The molecule has 2 N–H and O–H groups in total. The Bertz CT molecular complexity index is 976. The molecule has 0 radical (unpaired) electrons. The number of benzene rings is 2.